The monoisotopic (exact) mass is 480 g/mol. The molecule has 0 bridgehead atoms. The molecule has 2 aliphatic rings. The van der Waals surface area contributed by atoms with E-state index in [0.717, 1.165) is 6.42 Å². The highest BCUT2D eigenvalue weighted by Gasteiger charge is 2.56. The smallest absolute Gasteiger partial charge is 0.338 e. The van der Waals surface area contributed by atoms with E-state index >= 15 is 0 Å². The van der Waals surface area contributed by atoms with Crippen molar-refractivity contribution >= 4 is 27.9 Å². The van der Waals surface area contributed by atoms with Crippen molar-refractivity contribution in [1.29, 1.82) is 0 Å². The summed E-state index contributed by atoms with van der Waals surface area (Å²) in [6.07, 6.45) is 2.47. The minimum Gasteiger partial charge on any atom is -0.459 e. The van der Waals surface area contributed by atoms with Gasteiger partial charge in [-0.25, -0.2) is 4.79 Å². The first-order valence-electron chi connectivity index (χ1n) is 10.9. The number of fused-ring (bicyclic) bond motifs is 1. The molecule has 30 heavy (non-hydrogen) atoms. The third-order valence-corrected chi connectivity index (χ3v) is 7.65. The Kier molecular flexibility index (Phi) is 7.28. The van der Waals surface area contributed by atoms with Crippen molar-refractivity contribution in [2.75, 3.05) is 11.9 Å². The normalized spacial score (nSPS) is 31.8. The van der Waals surface area contributed by atoms with E-state index in [2.05, 4.69) is 29.8 Å². The largest absolute Gasteiger partial charge is 0.459 e. The maximum absolute atomic E-state index is 13.0. The van der Waals surface area contributed by atoms with E-state index in [-0.39, 0.29) is 41.4 Å². The molecule has 0 aromatic heterocycles. The SMILES string of the molecule is CCOC(CBr)[C@@H]1CC[C@H]2C(C)(C)[C@@H](OC(=O)c3ccccc3)CC[C@]2(C)OC1=O. The zero-order chi connectivity index (χ0) is 21.9. The number of hydrogen-bond acceptors (Lipinski definition) is 5. The van der Waals surface area contributed by atoms with Crippen molar-refractivity contribution in [3.05, 3.63) is 35.9 Å². The number of rotatable bonds is 6. The van der Waals surface area contributed by atoms with E-state index in [4.69, 9.17) is 14.2 Å². The van der Waals surface area contributed by atoms with Crippen LogP contribution in [0.15, 0.2) is 30.3 Å². The van der Waals surface area contributed by atoms with Gasteiger partial charge in [-0.15, -0.1) is 0 Å². The van der Waals surface area contributed by atoms with Crippen molar-refractivity contribution in [2.24, 2.45) is 17.3 Å². The van der Waals surface area contributed by atoms with Crippen LogP contribution in [0.1, 0.15) is 63.7 Å². The second-order valence-corrected chi connectivity index (χ2v) is 9.89. The van der Waals surface area contributed by atoms with Gasteiger partial charge in [0.05, 0.1) is 17.6 Å². The lowest BCUT2D eigenvalue weighted by molar-refractivity contribution is -0.190. The zero-order valence-electron chi connectivity index (χ0n) is 18.4. The molecule has 166 valence electrons. The lowest BCUT2D eigenvalue weighted by Gasteiger charge is -2.52. The van der Waals surface area contributed by atoms with Gasteiger partial charge in [-0.3, -0.25) is 4.79 Å². The van der Waals surface area contributed by atoms with Crippen LogP contribution in [0.3, 0.4) is 0 Å². The van der Waals surface area contributed by atoms with Crippen LogP contribution in [0.5, 0.6) is 0 Å². The van der Waals surface area contributed by atoms with E-state index in [0.29, 0.717) is 36.8 Å². The van der Waals surface area contributed by atoms with Crippen LogP contribution in [-0.4, -0.2) is 41.7 Å². The standard InChI is InChI=1S/C24H33BrO5/c1-5-28-18(15-25)17-11-12-19-23(2,3)20(13-14-24(19,4)30-22(17)27)29-21(26)16-9-7-6-8-10-16/h6-10,17-20H,5,11-15H2,1-4H3/t17-,18?,19-,20-,24-/m0/s1. The molecule has 0 amide bonds. The molecule has 0 radical (unpaired) electrons. The Hall–Kier alpha value is -1.40. The number of carbonyl (C=O) groups excluding carboxylic acids is 2. The summed E-state index contributed by atoms with van der Waals surface area (Å²) < 4.78 is 17.9. The maximum Gasteiger partial charge on any atom is 0.338 e. The van der Waals surface area contributed by atoms with E-state index < -0.39 is 5.60 Å². The highest BCUT2D eigenvalue weighted by molar-refractivity contribution is 9.09. The Morgan fingerprint density at radius 1 is 1.20 bits per heavy atom. The number of alkyl halides is 1. The first kappa shape index (κ1) is 23.3. The molecule has 5 nitrogen and oxygen atoms in total. The number of halogens is 1. The fraction of sp³-hybridized carbons (Fsp3) is 0.667. The van der Waals surface area contributed by atoms with Gasteiger partial charge in [0.15, 0.2) is 0 Å². The Balaban J connectivity index is 1.79. The first-order valence-corrected chi connectivity index (χ1v) is 12.0. The molecule has 5 atom stereocenters. The molecule has 1 aliphatic heterocycles. The molecular weight excluding hydrogens is 448 g/mol. The predicted octanol–water partition coefficient (Wildman–Crippen LogP) is 5.16. The molecule has 1 saturated heterocycles. The van der Waals surface area contributed by atoms with Gasteiger partial charge in [-0.05, 0) is 51.7 Å². The van der Waals surface area contributed by atoms with Crippen molar-refractivity contribution in [3.8, 4) is 0 Å². The van der Waals surface area contributed by atoms with E-state index in [9.17, 15) is 9.59 Å². The number of benzene rings is 1. The van der Waals surface area contributed by atoms with Crippen LogP contribution < -0.4 is 0 Å². The first-order chi connectivity index (χ1) is 14.2. The molecule has 0 N–H and O–H groups in total. The molecule has 2 fully saturated rings. The van der Waals surface area contributed by atoms with Crippen molar-refractivity contribution < 1.29 is 23.8 Å². The quantitative estimate of drug-likeness (QED) is 0.415. The average molecular weight is 481 g/mol. The molecule has 1 heterocycles. The van der Waals surface area contributed by atoms with Crippen molar-refractivity contribution in [1.82, 2.24) is 0 Å². The van der Waals surface area contributed by atoms with Gasteiger partial charge >= 0.3 is 11.9 Å². The summed E-state index contributed by atoms with van der Waals surface area (Å²) in [5.74, 6) is -0.656. The number of hydrogen-bond donors (Lipinski definition) is 0. The summed E-state index contributed by atoms with van der Waals surface area (Å²) in [5, 5.41) is 0.600. The molecule has 6 heteroatoms. The molecule has 3 rings (SSSR count). The number of ether oxygens (including phenoxy) is 3. The van der Waals surface area contributed by atoms with Crippen LogP contribution in [0.4, 0.5) is 0 Å². The minimum absolute atomic E-state index is 0.0962. The average Bonchev–Trinajstić information content (AvgIpc) is 2.85. The van der Waals surface area contributed by atoms with Crippen LogP contribution in [0, 0.1) is 17.3 Å². The van der Waals surface area contributed by atoms with Crippen LogP contribution in [0.25, 0.3) is 0 Å². The molecule has 1 aromatic rings. The summed E-state index contributed by atoms with van der Waals surface area (Å²) in [6.45, 7) is 8.81. The summed E-state index contributed by atoms with van der Waals surface area (Å²) in [6, 6.07) is 9.10. The summed E-state index contributed by atoms with van der Waals surface area (Å²) in [4.78, 5) is 25.7. The summed E-state index contributed by atoms with van der Waals surface area (Å²) in [7, 11) is 0. The maximum atomic E-state index is 13.0. The van der Waals surface area contributed by atoms with Gasteiger partial charge in [0.2, 0.25) is 0 Å². The molecular formula is C24H33BrO5. The van der Waals surface area contributed by atoms with Gasteiger partial charge in [0, 0.05) is 23.3 Å². The number of carbonyl (C=O) groups is 2. The lowest BCUT2D eigenvalue weighted by atomic mass is 9.59. The Morgan fingerprint density at radius 2 is 1.90 bits per heavy atom. The van der Waals surface area contributed by atoms with Gasteiger partial charge in [0.1, 0.15) is 11.7 Å². The number of esters is 2. The minimum atomic E-state index is -0.561. The Bertz CT molecular complexity index is 749. The van der Waals surface area contributed by atoms with E-state index in [1.54, 1.807) is 12.1 Å². The molecule has 1 aromatic carbocycles. The fourth-order valence-electron chi connectivity index (χ4n) is 5.35. The van der Waals surface area contributed by atoms with Crippen LogP contribution >= 0.6 is 15.9 Å². The van der Waals surface area contributed by atoms with Gasteiger partial charge in [-0.2, -0.15) is 0 Å². The van der Waals surface area contributed by atoms with Crippen molar-refractivity contribution in [2.45, 2.75) is 71.2 Å². The molecule has 1 saturated carbocycles. The fourth-order valence-corrected chi connectivity index (χ4v) is 5.98. The molecule has 1 unspecified atom stereocenters. The van der Waals surface area contributed by atoms with Crippen LogP contribution in [0.2, 0.25) is 0 Å². The van der Waals surface area contributed by atoms with Crippen LogP contribution in [-0.2, 0) is 19.0 Å². The Labute approximate surface area is 188 Å². The Morgan fingerprint density at radius 3 is 2.53 bits per heavy atom. The zero-order valence-corrected chi connectivity index (χ0v) is 19.9. The van der Waals surface area contributed by atoms with Crippen molar-refractivity contribution in [3.63, 3.8) is 0 Å². The second-order valence-electron chi connectivity index (χ2n) is 9.24. The van der Waals surface area contributed by atoms with Gasteiger partial charge < -0.3 is 14.2 Å². The summed E-state index contributed by atoms with van der Waals surface area (Å²) in [5.41, 5.74) is -0.318. The summed E-state index contributed by atoms with van der Waals surface area (Å²) >= 11 is 3.49. The molecule has 1 aliphatic carbocycles. The third kappa shape index (κ3) is 4.59. The van der Waals surface area contributed by atoms with E-state index in [1.807, 2.05) is 32.0 Å². The highest BCUT2D eigenvalue weighted by Crippen LogP contribution is 2.53. The van der Waals surface area contributed by atoms with E-state index in [1.165, 1.54) is 0 Å². The highest BCUT2D eigenvalue weighted by atomic mass is 79.9. The van der Waals surface area contributed by atoms with Gasteiger partial charge in [0.25, 0.3) is 0 Å². The lowest BCUT2D eigenvalue weighted by Crippen LogP contribution is -2.55. The molecule has 0 spiro atoms. The third-order valence-electron chi connectivity index (χ3n) is 7.01. The topological polar surface area (TPSA) is 61.8 Å². The second kappa shape index (κ2) is 9.39. The predicted molar refractivity (Wildman–Crippen MR) is 119 cm³/mol. The van der Waals surface area contributed by atoms with Gasteiger partial charge in [-0.1, -0.05) is 48.0 Å².